The van der Waals surface area contributed by atoms with Gasteiger partial charge < -0.3 is 15.8 Å². The molecule has 2 aromatic carbocycles. The molecule has 0 spiro atoms. The number of para-hydroxylation sites is 1. The van der Waals surface area contributed by atoms with Crippen LogP contribution in [0.15, 0.2) is 54.6 Å². The zero-order valence-electron chi connectivity index (χ0n) is 12.8. The maximum absolute atomic E-state index is 5.83. The highest BCUT2D eigenvalue weighted by Gasteiger charge is 2.10. The highest BCUT2D eigenvalue weighted by molar-refractivity contribution is 5.49. The fourth-order valence-corrected chi connectivity index (χ4v) is 2.13. The number of nitrogens with two attached hydrogens (primary N) is 1. The molecule has 21 heavy (non-hydrogen) atoms. The normalized spacial score (nSPS) is 12.2. The van der Waals surface area contributed by atoms with Crippen LogP contribution < -0.4 is 15.8 Å². The molecule has 1 atom stereocenters. The summed E-state index contributed by atoms with van der Waals surface area (Å²) in [6.07, 6.45) is 0. The van der Waals surface area contributed by atoms with E-state index in [-0.39, 0.29) is 0 Å². The Balaban J connectivity index is 1.98. The van der Waals surface area contributed by atoms with Crippen LogP contribution in [-0.4, -0.2) is 13.1 Å². The molecule has 0 fully saturated rings. The maximum atomic E-state index is 5.83. The van der Waals surface area contributed by atoms with Crippen LogP contribution >= 0.6 is 0 Å². The largest absolute Gasteiger partial charge is 0.457 e. The average Bonchev–Trinajstić information content (AvgIpc) is 2.49. The summed E-state index contributed by atoms with van der Waals surface area (Å²) < 4.78 is 5.83. The van der Waals surface area contributed by atoms with Gasteiger partial charge in [0.15, 0.2) is 0 Å². The highest BCUT2D eigenvalue weighted by atomic mass is 16.5. The first kappa shape index (κ1) is 15.4. The Labute approximate surface area is 127 Å². The monoisotopic (exact) mass is 284 g/mol. The molecule has 0 aromatic heterocycles. The maximum Gasteiger partial charge on any atom is 0.129 e. The minimum atomic E-state index is 0.476. The van der Waals surface area contributed by atoms with Crippen molar-refractivity contribution in [1.82, 2.24) is 0 Å². The minimum absolute atomic E-state index is 0.476. The molecule has 0 aliphatic heterocycles. The molecule has 0 saturated carbocycles. The van der Waals surface area contributed by atoms with Gasteiger partial charge in [-0.25, -0.2) is 0 Å². The second-order valence-corrected chi connectivity index (χ2v) is 5.56. The van der Waals surface area contributed by atoms with Gasteiger partial charge in [-0.05, 0) is 42.6 Å². The van der Waals surface area contributed by atoms with Crippen LogP contribution in [0.25, 0.3) is 0 Å². The summed E-state index contributed by atoms with van der Waals surface area (Å²) in [5.41, 5.74) is 6.86. The van der Waals surface area contributed by atoms with Crippen LogP contribution in [0.1, 0.15) is 13.8 Å². The van der Waals surface area contributed by atoms with Crippen molar-refractivity contribution in [3.63, 3.8) is 0 Å². The van der Waals surface area contributed by atoms with Crippen molar-refractivity contribution < 1.29 is 4.74 Å². The molecular formula is C18H24N2O. The van der Waals surface area contributed by atoms with Crippen LogP contribution in [0.2, 0.25) is 0 Å². The lowest BCUT2D eigenvalue weighted by Gasteiger charge is -2.20. The molecule has 1 unspecified atom stereocenters. The Morgan fingerprint density at radius 1 is 1.00 bits per heavy atom. The van der Waals surface area contributed by atoms with Crippen LogP contribution in [0, 0.1) is 11.8 Å². The minimum Gasteiger partial charge on any atom is -0.457 e. The molecule has 112 valence electrons. The van der Waals surface area contributed by atoms with E-state index in [2.05, 4.69) is 19.2 Å². The van der Waals surface area contributed by atoms with E-state index >= 15 is 0 Å². The summed E-state index contributed by atoms with van der Waals surface area (Å²) in [7, 11) is 0. The zero-order valence-corrected chi connectivity index (χ0v) is 12.8. The number of benzene rings is 2. The predicted octanol–water partition coefficient (Wildman–Crippen LogP) is 4.12. The van der Waals surface area contributed by atoms with E-state index in [1.54, 1.807) is 0 Å². The van der Waals surface area contributed by atoms with E-state index < -0.39 is 0 Å². The summed E-state index contributed by atoms with van der Waals surface area (Å²) in [6, 6.07) is 17.8. The van der Waals surface area contributed by atoms with E-state index in [0.717, 1.165) is 23.7 Å². The number of hydrogen-bond acceptors (Lipinski definition) is 3. The first-order valence-electron chi connectivity index (χ1n) is 7.46. The highest BCUT2D eigenvalue weighted by Crippen LogP contribution is 2.24. The molecular weight excluding hydrogens is 260 g/mol. The van der Waals surface area contributed by atoms with Crippen molar-refractivity contribution in [3.05, 3.63) is 54.6 Å². The van der Waals surface area contributed by atoms with Gasteiger partial charge in [0.1, 0.15) is 11.5 Å². The fourth-order valence-electron chi connectivity index (χ4n) is 2.13. The molecule has 0 heterocycles. The third-order valence-corrected chi connectivity index (χ3v) is 3.63. The summed E-state index contributed by atoms with van der Waals surface area (Å²) in [6.45, 7) is 5.98. The second kappa shape index (κ2) is 7.70. The van der Waals surface area contributed by atoms with E-state index in [9.17, 15) is 0 Å². The molecule has 0 saturated heterocycles. The number of hydrogen-bond donors (Lipinski definition) is 2. The Bertz CT molecular complexity index is 540. The molecule has 0 amide bonds. The lowest BCUT2D eigenvalue weighted by molar-refractivity contribution is 0.413. The smallest absolute Gasteiger partial charge is 0.129 e. The molecule has 3 nitrogen and oxygen atoms in total. The fraction of sp³-hybridized carbons (Fsp3) is 0.333. The summed E-state index contributed by atoms with van der Waals surface area (Å²) in [4.78, 5) is 0. The van der Waals surface area contributed by atoms with Crippen molar-refractivity contribution in [1.29, 1.82) is 0 Å². The van der Waals surface area contributed by atoms with Crippen molar-refractivity contribution in [2.45, 2.75) is 13.8 Å². The standard InChI is InChI=1S/C18H24N2O/c1-14(2)15(12-19)13-20-16-7-6-10-18(11-16)21-17-8-4-3-5-9-17/h3-11,14-15,20H,12-13,19H2,1-2H3. The quantitative estimate of drug-likeness (QED) is 0.804. The second-order valence-electron chi connectivity index (χ2n) is 5.56. The van der Waals surface area contributed by atoms with Crippen molar-refractivity contribution >= 4 is 5.69 Å². The topological polar surface area (TPSA) is 47.3 Å². The van der Waals surface area contributed by atoms with Crippen molar-refractivity contribution in [3.8, 4) is 11.5 Å². The summed E-state index contributed by atoms with van der Waals surface area (Å²) in [5, 5.41) is 3.44. The first-order valence-corrected chi connectivity index (χ1v) is 7.46. The lowest BCUT2D eigenvalue weighted by Crippen LogP contribution is -2.27. The van der Waals surface area contributed by atoms with Gasteiger partial charge >= 0.3 is 0 Å². The van der Waals surface area contributed by atoms with E-state index in [1.807, 2.05) is 54.6 Å². The number of rotatable bonds is 7. The molecule has 2 aromatic rings. The molecule has 0 aliphatic rings. The Morgan fingerprint density at radius 2 is 1.71 bits per heavy atom. The Morgan fingerprint density at radius 3 is 2.38 bits per heavy atom. The first-order chi connectivity index (χ1) is 10.2. The van der Waals surface area contributed by atoms with Gasteiger partial charge in [0, 0.05) is 18.3 Å². The van der Waals surface area contributed by atoms with Crippen molar-refractivity contribution in [2.24, 2.45) is 17.6 Å². The number of ether oxygens (including phenoxy) is 1. The van der Waals surface area contributed by atoms with Gasteiger partial charge in [-0.15, -0.1) is 0 Å². The van der Waals surface area contributed by atoms with E-state index in [1.165, 1.54) is 0 Å². The summed E-state index contributed by atoms with van der Waals surface area (Å²) >= 11 is 0. The molecule has 3 heteroatoms. The Hall–Kier alpha value is -2.00. The number of nitrogens with one attached hydrogen (secondary N) is 1. The van der Waals surface area contributed by atoms with Gasteiger partial charge in [-0.1, -0.05) is 38.1 Å². The van der Waals surface area contributed by atoms with Gasteiger partial charge in [0.05, 0.1) is 0 Å². The third kappa shape index (κ3) is 4.80. The van der Waals surface area contributed by atoms with Gasteiger partial charge in [0.2, 0.25) is 0 Å². The van der Waals surface area contributed by atoms with Crippen LogP contribution in [-0.2, 0) is 0 Å². The van der Waals surface area contributed by atoms with Crippen LogP contribution in [0.5, 0.6) is 11.5 Å². The third-order valence-electron chi connectivity index (χ3n) is 3.63. The average molecular weight is 284 g/mol. The van der Waals surface area contributed by atoms with E-state index in [4.69, 9.17) is 10.5 Å². The molecule has 0 bridgehead atoms. The van der Waals surface area contributed by atoms with Gasteiger partial charge in [-0.3, -0.25) is 0 Å². The molecule has 0 aliphatic carbocycles. The molecule has 3 N–H and O–H groups in total. The zero-order chi connectivity index (χ0) is 15.1. The SMILES string of the molecule is CC(C)C(CN)CNc1cccc(Oc2ccccc2)c1. The molecule has 2 rings (SSSR count). The van der Waals surface area contributed by atoms with Crippen LogP contribution in [0.4, 0.5) is 5.69 Å². The molecule has 0 radical (unpaired) electrons. The Kier molecular flexibility index (Phi) is 5.64. The predicted molar refractivity (Wildman–Crippen MR) is 88.8 cm³/mol. The van der Waals surface area contributed by atoms with Gasteiger partial charge in [-0.2, -0.15) is 0 Å². The van der Waals surface area contributed by atoms with Crippen LogP contribution in [0.3, 0.4) is 0 Å². The number of anilines is 1. The lowest BCUT2D eigenvalue weighted by atomic mass is 9.96. The van der Waals surface area contributed by atoms with E-state index in [0.29, 0.717) is 18.4 Å². The summed E-state index contributed by atoms with van der Waals surface area (Å²) in [5.74, 6) is 2.73. The van der Waals surface area contributed by atoms with Crippen molar-refractivity contribution in [2.75, 3.05) is 18.4 Å². The van der Waals surface area contributed by atoms with Gasteiger partial charge in [0.25, 0.3) is 0 Å².